The van der Waals surface area contributed by atoms with Crippen LogP contribution in [0.5, 0.6) is 0 Å². The molecule has 0 aliphatic carbocycles. The zero-order chi connectivity index (χ0) is 22.6. The smallest absolute Gasteiger partial charge is 0.376 e. The molecule has 1 aliphatic heterocycles. The molecular weight excluding hydrogens is 407 g/mol. The van der Waals surface area contributed by atoms with E-state index in [2.05, 4.69) is 17.6 Å². The molecule has 166 valence electrons. The number of aryl methyl sites for hydroxylation is 1. The molecule has 0 radical (unpaired) electrons. The molecule has 1 aliphatic rings. The van der Waals surface area contributed by atoms with Crippen LogP contribution < -0.4 is 10.6 Å². The number of carbonyl (C=O) groups is 2. The van der Waals surface area contributed by atoms with Crippen molar-refractivity contribution in [3.63, 3.8) is 0 Å². The second kappa shape index (κ2) is 9.41. The van der Waals surface area contributed by atoms with Gasteiger partial charge in [-0.15, -0.1) is 0 Å². The fourth-order valence-electron chi connectivity index (χ4n) is 3.76. The van der Waals surface area contributed by atoms with Gasteiger partial charge in [0.25, 0.3) is 5.91 Å². The largest absolute Gasteiger partial charge is 0.418 e. The number of carbonyl (C=O) groups excluding carboxylic acids is 2. The SMILES string of the molecule is Cc1cc(C(=O)N2CCCC(C)C2)ccc1NCC(=O)Nc1ccccc1C(F)(F)F. The van der Waals surface area contributed by atoms with Crippen LogP contribution >= 0.6 is 0 Å². The summed E-state index contributed by atoms with van der Waals surface area (Å²) < 4.78 is 39.2. The number of hydrogen-bond donors (Lipinski definition) is 2. The number of piperidine rings is 1. The summed E-state index contributed by atoms with van der Waals surface area (Å²) in [6.07, 6.45) is -2.43. The molecule has 2 N–H and O–H groups in total. The lowest BCUT2D eigenvalue weighted by atomic mass is 9.99. The predicted molar refractivity (Wildman–Crippen MR) is 114 cm³/mol. The van der Waals surface area contributed by atoms with E-state index in [1.54, 1.807) is 18.2 Å². The van der Waals surface area contributed by atoms with E-state index in [4.69, 9.17) is 0 Å². The van der Waals surface area contributed by atoms with Gasteiger partial charge < -0.3 is 15.5 Å². The first-order valence-electron chi connectivity index (χ1n) is 10.2. The Morgan fingerprint density at radius 3 is 2.55 bits per heavy atom. The van der Waals surface area contributed by atoms with E-state index >= 15 is 0 Å². The maximum Gasteiger partial charge on any atom is 0.418 e. The van der Waals surface area contributed by atoms with E-state index in [0.29, 0.717) is 17.2 Å². The summed E-state index contributed by atoms with van der Waals surface area (Å²) in [5.74, 6) is -0.123. The number of rotatable bonds is 5. The van der Waals surface area contributed by atoms with Crippen molar-refractivity contribution < 1.29 is 22.8 Å². The quantitative estimate of drug-likeness (QED) is 0.703. The molecule has 0 spiro atoms. The third-order valence-electron chi connectivity index (χ3n) is 5.36. The molecule has 0 saturated carbocycles. The Kier molecular flexibility index (Phi) is 6.87. The van der Waals surface area contributed by atoms with Crippen molar-refractivity contribution in [1.29, 1.82) is 0 Å². The number of alkyl halides is 3. The molecule has 3 rings (SSSR count). The molecule has 1 atom stereocenters. The van der Waals surface area contributed by atoms with E-state index in [1.165, 1.54) is 18.2 Å². The zero-order valence-electron chi connectivity index (χ0n) is 17.6. The van der Waals surface area contributed by atoms with Gasteiger partial charge in [-0.2, -0.15) is 13.2 Å². The van der Waals surface area contributed by atoms with E-state index in [-0.39, 0.29) is 18.1 Å². The third kappa shape index (κ3) is 5.77. The van der Waals surface area contributed by atoms with Gasteiger partial charge in [0.2, 0.25) is 5.91 Å². The van der Waals surface area contributed by atoms with E-state index in [1.807, 2.05) is 11.8 Å². The maximum atomic E-state index is 13.1. The van der Waals surface area contributed by atoms with Gasteiger partial charge in [0.1, 0.15) is 0 Å². The van der Waals surface area contributed by atoms with Crippen LogP contribution in [0, 0.1) is 12.8 Å². The average Bonchev–Trinajstić information content (AvgIpc) is 2.72. The van der Waals surface area contributed by atoms with Crippen LogP contribution in [0.3, 0.4) is 0 Å². The van der Waals surface area contributed by atoms with Crippen molar-refractivity contribution in [2.45, 2.75) is 32.9 Å². The van der Waals surface area contributed by atoms with Crippen LogP contribution in [-0.4, -0.2) is 36.3 Å². The van der Waals surface area contributed by atoms with Crippen LogP contribution in [-0.2, 0) is 11.0 Å². The Morgan fingerprint density at radius 1 is 1.13 bits per heavy atom. The molecule has 1 saturated heterocycles. The molecule has 2 aromatic rings. The number of anilines is 2. The van der Waals surface area contributed by atoms with Gasteiger partial charge in [0.15, 0.2) is 0 Å². The molecule has 8 heteroatoms. The van der Waals surface area contributed by atoms with Gasteiger partial charge in [-0.3, -0.25) is 9.59 Å². The molecular formula is C23H26F3N3O2. The van der Waals surface area contributed by atoms with E-state index in [9.17, 15) is 22.8 Å². The fraction of sp³-hybridized carbons (Fsp3) is 0.391. The molecule has 5 nitrogen and oxygen atoms in total. The normalized spacial score (nSPS) is 16.7. The number of nitrogens with zero attached hydrogens (tertiary/aromatic N) is 1. The Bertz CT molecular complexity index is 959. The number of benzene rings is 2. The highest BCUT2D eigenvalue weighted by atomic mass is 19.4. The number of halogens is 3. The third-order valence-corrected chi connectivity index (χ3v) is 5.36. The Balaban J connectivity index is 1.61. The first-order valence-corrected chi connectivity index (χ1v) is 10.2. The minimum absolute atomic E-state index is 0.0114. The second-order valence-electron chi connectivity index (χ2n) is 7.97. The summed E-state index contributed by atoms with van der Waals surface area (Å²) in [6.45, 7) is 5.24. The number of nitrogens with one attached hydrogen (secondary N) is 2. The van der Waals surface area contributed by atoms with Crippen LogP contribution in [0.2, 0.25) is 0 Å². The summed E-state index contributed by atoms with van der Waals surface area (Å²) >= 11 is 0. The summed E-state index contributed by atoms with van der Waals surface area (Å²) in [6, 6.07) is 10.0. The topological polar surface area (TPSA) is 61.4 Å². The fourth-order valence-corrected chi connectivity index (χ4v) is 3.76. The zero-order valence-corrected chi connectivity index (χ0v) is 17.6. The van der Waals surface area contributed by atoms with Crippen LogP contribution in [0.15, 0.2) is 42.5 Å². The van der Waals surface area contributed by atoms with Crippen LogP contribution in [0.4, 0.5) is 24.5 Å². The molecule has 1 unspecified atom stereocenters. The summed E-state index contributed by atoms with van der Waals surface area (Å²) in [7, 11) is 0. The predicted octanol–water partition coefficient (Wildman–Crippen LogP) is 4.94. The molecule has 1 fully saturated rings. The van der Waals surface area contributed by atoms with Gasteiger partial charge in [-0.05, 0) is 61.6 Å². The van der Waals surface area contributed by atoms with Gasteiger partial charge in [0, 0.05) is 24.3 Å². The summed E-state index contributed by atoms with van der Waals surface area (Å²) in [5.41, 5.74) is 0.826. The Morgan fingerprint density at radius 2 is 1.87 bits per heavy atom. The molecule has 1 heterocycles. The van der Waals surface area contributed by atoms with Crippen LogP contribution in [0.25, 0.3) is 0 Å². The van der Waals surface area contributed by atoms with Crippen LogP contribution in [0.1, 0.15) is 41.3 Å². The lowest BCUT2D eigenvalue weighted by Gasteiger charge is -2.31. The molecule has 2 amide bonds. The minimum atomic E-state index is -4.55. The molecule has 31 heavy (non-hydrogen) atoms. The Labute approximate surface area is 179 Å². The van der Waals surface area contributed by atoms with Crippen molar-refractivity contribution in [1.82, 2.24) is 4.90 Å². The van der Waals surface area contributed by atoms with Gasteiger partial charge in [-0.1, -0.05) is 19.1 Å². The van der Waals surface area contributed by atoms with Crippen molar-refractivity contribution in [3.05, 3.63) is 59.2 Å². The summed E-state index contributed by atoms with van der Waals surface area (Å²) in [4.78, 5) is 26.8. The minimum Gasteiger partial charge on any atom is -0.376 e. The van der Waals surface area contributed by atoms with Crippen molar-refractivity contribution in [3.8, 4) is 0 Å². The Hall–Kier alpha value is -3.03. The van der Waals surface area contributed by atoms with Crippen molar-refractivity contribution >= 4 is 23.2 Å². The highest BCUT2D eigenvalue weighted by Gasteiger charge is 2.33. The molecule has 0 bridgehead atoms. The first kappa shape index (κ1) is 22.7. The standard InChI is InChI=1S/C23H26F3N3O2/c1-15-6-5-11-29(14-15)22(31)17-9-10-19(16(2)12-17)27-13-21(30)28-20-8-4-3-7-18(20)23(24,25)26/h3-4,7-10,12,15,27H,5-6,11,13-14H2,1-2H3,(H,28,30). The monoisotopic (exact) mass is 433 g/mol. The molecule has 0 aromatic heterocycles. The van der Waals surface area contributed by atoms with Crippen molar-refractivity contribution in [2.24, 2.45) is 5.92 Å². The first-order chi connectivity index (χ1) is 14.6. The van der Waals surface area contributed by atoms with Crippen molar-refractivity contribution in [2.75, 3.05) is 30.3 Å². The second-order valence-corrected chi connectivity index (χ2v) is 7.97. The number of likely N-dealkylation sites (tertiary alicyclic amines) is 1. The number of para-hydroxylation sites is 1. The van der Waals surface area contributed by atoms with E-state index < -0.39 is 17.6 Å². The molecule has 2 aromatic carbocycles. The van der Waals surface area contributed by atoms with Gasteiger partial charge in [-0.25, -0.2) is 0 Å². The highest BCUT2D eigenvalue weighted by molar-refractivity contribution is 5.96. The van der Waals surface area contributed by atoms with Gasteiger partial charge in [0.05, 0.1) is 17.8 Å². The average molecular weight is 433 g/mol. The maximum absolute atomic E-state index is 13.1. The highest BCUT2D eigenvalue weighted by Crippen LogP contribution is 2.34. The lowest BCUT2D eigenvalue weighted by Crippen LogP contribution is -2.39. The van der Waals surface area contributed by atoms with Gasteiger partial charge >= 0.3 is 6.18 Å². The number of amides is 2. The van der Waals surface area contributed by atoms with E-state index in [0.717, 1.165) is 37.6 Å². The lowest BCUT2D eigenvalue weighted by molar-refractivity contribution is -0.137. The summed E-state index contributed by atoms with van der Waals surface area (Å²) in [5, 5.41) is 5.23. The number of hydrogen-bond acceptors (Lipinski definition) is 3.